The lowest BCUT2D eigenvalue weighted by molar-refractivity contribution is -0.140. The standard InChI is InChI=1S/C26H31NO6/c1-4-15-33-20-12-10-18(11-13-20)23-22(25(29)26(30)27(23)14-7-16-31-3)24(28)19-8-6-9-21(17-19)32-5-2/h6,8-13,17,23,28H,4-5,7,14-16H2,1-3H3. The van der Waals surface area contributed by atoms with Gasteiger partial charge < -0.3 is 24.2 Å². The first-order valence-electron chi connectivity index (χ1n) is 11.2. The van der Waals surface area contributed by atoms with E-state index in [0.29, 0.717) is 49.8 Å². The molecule has 1 aliphatic heterocycles. The Morgan fingerprint density at radius 3 is 2.42 bits per heavy atom. The molecule has 0 spiro atoms. The Hall–Kier alpha value is -3.32. The van der Waals surface area contributed by atoms with Crippen molar-refractivity contribution in [3.63, 3.8) is 0 Å². The zero-order valence-corrected chi connectivity index (χ0v) is 19.4. The molecule has 3 rings (SSSR count). The zero-order valence-electron chi connectivity index (χ0n) is 19.4. The van der Waals surface area contributed by atoms with Gasteiger partial charge in [0.15, 0.2) is 0 Å². The minimum Gasteiger partial charge on any atom is -0.507 e. The summed E-state index contributed by atoms with van der Waals surface area (Å²) in [5, 5.41) is 11.2. The highest BCUT2D eigenvalue weighted by atomic mass is 16.5. The Labute approximate surface area is 194 Å². The normalized spacial score (nSPS) is 17.4. The van der Waals surface area contributed by atoms with E-state index in [2.05, 4.69) is 0 Å². The maximum atomic E-state index is 13.1. The summed E-state index contributed by atoms with van der Waals surface area (Å²) < 4.78 is 16.3. The van der Waals surface area contributed by atoms with Gasteiger partial charge in [-0.25, -0.2) is 0 Å². The SMILES string of the molecule is CCCOc1ccc(C2C(=C(O)c3cccc(OCC)c3)C(=O)C(=O)N2CCCOC)cc1. The van der Waals surface area contributed by atoms with Gasteiger partial charge in [-0.2, -0.15) is 0 Å². The predicted molar refractivity (Wildman–Crippen MR) is 125 cm³/mol. The van der Waals surface area contributed by atoms with Gasteiger partial charge in [-0.3, -0.25) is 9.59 Å². The van der Waals surface area contributed by atoms with Crippen molar-refractivity contribution < 1.29 is 28.9 Å². The van der Waals surface area contributed by atoms with Crippen LogP contribution in [-0.2, 0) is 14.3 Å². The lowest BCUT2D eigenvalue weighted by Crippen LogP contribution is -2.31. The van der Waals surface area contributed by atoms with E-state index in [4.69, 9.17) is 14.2 Å². The molecule has 7 heteroatoms. The number of carbonyl (C=O) groups excluding carboxylic acids is 2. The number of aliphatic hydroxyl groups excluding tert-OH is 1. The van der Waals surface area contributed by atoms with Crippen LogP contribution in [0.3, 0.4) is 0 Å². The summed E-state index contributed by atoms with van der Waals surface area (Å²) in [6.45, 7) is 5.75. The van der Waals surface area contributed by atoms with Crippen LogP contribution in [0.4, 0.5) is 0 Å². The molecular formula is C26H31NO6. The Morgan fingerprint density at radius 2 is 1.76 bits per heavy atom. The monoisotopic (exact) mass is 453 g/mol. The molecule has 1 fully saturated rings. The number of aliphatic hydroxyl groups is 1. The molecule has 7 nitrogen and oxygen atoms in total. The number of rotatable bonds is 11. The number of hydrogen-bond acceptors (Lipinski definition) is 6. The number of amides is 1. The quantitative estimate of drug-likeness (QED) is 0.236. The molecule has 1 aliphatic rings. The van der Waals surface area contributed by atoms with Gasteiger partial charge in [-0.15, -0.1) is 0 Å². The molecule has 2 aromatic carbocycles. The number of benzene rings is 2. The van der Waals surface area contributed by atoms with Crippen molar-refractivity contribution in [2.75, 3.05) is 33.5 Å². The molecule has 1 unspecified atom stereocenters. The summed E-state index contributed by atoms with van der Waals surface area (Å²) >= 11 is 0. The largest absolute Gasteiger partial charge is 0.507 e. The van der Waals surface area contributed by atoms with Gasteiger partial charge in [0.25, 0.3) is 11.7 Å². The van der Waals surface area contributed by atoms with E-state index in [-0.39, 0.29) is 11.3 Å². The maximum Gasteiger partial charge on any atom is 0.295 e. The molecule has 0 bridgehead atoms. The summed E-state index contributed by atoms with van der Waals surface area (Å²) in [6.07, 6.45) is 1.46. The van der Waals surface area contributed by atoms with Crippen molar-refractivity contribution in [2.24, 2.45) is 0 Å². The predicted octanol–water partition coefficient (Wildman–Crippen LogP) is 4.33. The molecular weight excluding hydrogens is 422 g/mol. The Bertz CT molecular complexity index is 998. The second kappa shape index (κ2) is 11.5. The first-order chi connectivity index (χ1) is 16.0. The molecule has 1 amide bonds. The molecule has 176 valence electrons. The number of methoxy groups -OCH3 is 1. The number of likely N-dealkylation sites (tertiary alicyclic amines) is 1. The first kappa shape index (κ1) is 24.3. The minimum absolute atomic E-state index is 0.0632. The van der Waals surface area contributed by atoms with Crippen molar-refractivity contribution >= 4 is 17.4 Å². The number of ketones is 1. The fourth-order valence-corrected chi connectivity index (χ4v) is 3.86. The molecule has 0 saturated carbocycles. The van der Waals surface area contributed by atoms with Crippen LogP contribution in [0.2, 0.25) is 0 Å². The van der Waals surface area contributed by atoms with Gasteiger partial charge in [-0.1, -0.05) is 31.2 Å². The number of Topliss-reactive ketones (excluding diaryl/α,β-unsaturated/α-hetero) is 1. The lowest BCUT2D eigenvalue weighted by atomic mass is 9.95. The highest BCUT2D eigenvalue weighted by Gasteiger charge is 2.45. The van der Waals surface area contributed by atoms with E-state index in [9.17, 15) is 14.7 Å². The van der Waals surface area contributed by atoms with E-state index >= 15 is 0 Å². The van der Waals surface area contributed by atoms with Gasteiger partial charge in [0.05, 0.1) is 24.8 Å². The van der Waals surface area contributed by atoms with Crippen LogP contribution in [0.15, 0.2) is 54.1 Å². The Morgan fingerprint density at radius 1 is 1.00 bits per heavy atom. The summed E-state index contributed by atoms with van der Waals surface area (Å²) in [5.74, 6) is -0.278. The molecule has 1 heterocycles. The molecule has 0 aromatic heterocycles. The third kappa shape index (κ3) is 5.54. The topological polar surface area (TPSA) is 85.3 Å². The lowest BCUT2D eigenvalue weighted by Gasteiger charge is -2.25. The molecule has 33 heavy (non-hydrogen) atoms. The van der Waals surface area contributed by atoms with Crippen molar-refractivity contribution in [3.05, 3.63) is 65.2 Å². The van der Waals surface area contributed by atoms with E-state index in [1.54, 1.807) is 31.4 Å². The van der Waals surface area contributed by atoms with Crippen molar-refractivity contribution in [1.82, 2.24) is 4.90 Å². The molecule has 2 aromatic rings. The van der Waals surface area contributed by atoms with Crippen LogP contribution in [0.25, 0.3) is 5.76 Å². The summed E-state index contributed by atoms with van der Waals surface area (Å²) in [4.78, 5) is 27.5. The third-order valence-corrected chi connectivity index (χ3v) is 5.37. The molecule has 1 N–H and O–H groups in total. The van der Waals surface area contributed by atoms with E-state index < -0.39 is 17.7 Å². The van der Waals surface area contributed by atoms with Gasteiger partial charge in [-0.05, 0) is 49.6 Å². The van der Waals surface area contributed by atoms with Crippen LogP contribution in [0.1, 0.15) is 43.9 Å². The fourth-order valence-electron chi connectivity index (χ4n) is 3.86. The number of ether oxygens (including phenoxy) is 3. The van der Waals surface area contributed by atoms with Gasteiger partial charge in [0.1, 0.15) is 17.3 Å². The second-order valence-corrected chi connectivity index (χ2v) is 7.72. The third-order valence-electron chi connectivity index (χ3n) is 5.37. The molecule has 0 radical (unpaired) electrons. The number of hydrogen-bond donors (Lipinski definition) is 1. The number of carbonyl (C=O) groups is 2. The van der Waals surface area contributed by atoms with Crippen LogP contribution in [-0.4, -0.2) is 55.2 Å². The highest BCUT2D eigenvalue weighted by Crippen LogP contribution is 2.40. The molecule has 1 saturated heterocycles. The minimum atomic E-state index is -0.710. The average Bonchev–Trinajstić information content (AvgIpc) is 3.08. The Kier molecular flexibility index (Phi) is 8.49. The van der Waals surface area contributed by atoms with Gasteiger partial charge in [0.2, 0.25) is 0 Å². The average molecular weight is 454 g/mol. The summed E-state index contributed by atoms with van der Waals surface area (Å²) in [6, 6.07) is 13.4. The zero-order chi connectivity index (χ0) is 23.8. The summed E-state index contributed by atoms with van der Waals surface area (Å²) in [5.41, 5.74) is 1.20. The fraction of sp³-hybridized carbons (Fsp3) is 0.385. The van der Waals surface area contributed by atoms with Crippen LogP contribution < -0.4 is 9.47 Å². The smallest absolute Gasteiger partial charge is 0.295 e. The van der Waals surface area contributed by atoms with Crippen molar-refractivity contribution in [3.8, 4) is 11.5 Å². The number of nitrogens with zero attached hydrogens (tertiary/aromatic N) is 1. The van der Waals surface area contributed by atoms with E-state index in [0.717, 1.165) is 12.0 Å². The molecule has 1 atom stereocenters. The second-order valence-electron chi connectivity index (χ2n) is 7.72. The summed E-state index contributed by atoms with van der Waals surface area (Å²) in [7, 11) is 1.59. The van der Waals surface area contributed by atoms with Crippen LogP contribution in [0.5, 0.6) is 11.5 Å². The van der Waals surface area contributed by atoms with Crippen molar-refractivity contribution in [2.45, 2.75) is 32.7 Å². The van der Waals surface area contributed by atoms with Crippen LogP contribution in [0, 0.1) is 0 Å². The first-order valence-corrected chi connectivity index (χ1v) is 11.2. The van der Waals surface area contributed by atoms with Gasteiger partial charge >= 0.3 is 0 Å². The Balaban J connectivity index is 2.05. The van der Waals surface area contributed by atoms with Crippen LogP contribution >= 0.6 is 0 Å². The highest BCUT2D eigenvalue weighted by molar-refractivity contribution is 6.46. The van der Waals surface area contributed by atoms with Crippen molar-refractivity contribution in [1.29, 1.82) is 0 Å². The van der Waals surface area contributed by atoms with E-state index in [1.165, 1.54) is 4.90 Å². The van der Waals surface area contributed by atoms with E-state index in [1.807, 2.05) is 38.1 Å². The molecule has 0 aliphatic carbocycles. The maximum absolute atomic E-state index is 13.1. The van der Waals surface area contributed by atoms with Gasteiger partial charge in [0, 0.05) is 25.8 Å².